The predicted octanol–water partition coefficient (Wildman–Crippen LogP) is 4.38. The molecule has 8 heteroatoms. The van der Waals surface area contributed by atoms with Crippen LogP contribution in [0.25, 0.3) is 11.1 Å². The number of rotatable bonds is 4. The summed E-state index contributed by atoms with van der Waals surface area (Å²) in [5.41, 5.74) is 1.54. The van der Waals surface area contributed by atoms with Crippen LogP contribution in [-0.4, -0.2) is 59.0 Å². The van der Waals surface area contributed by atoms with E-state index in [-0.39, 0.29) is 25.4 Å². The van der Waals surface area contributed by atoms with Gasteiger partial charge in [-0.15, -0.1) is 0 Å². The van der Waals surface area contributed by atoms with Crippen LogP contribution >= 0.6 is 0 Å². The topological polar surface area (TPSA) is 105 Å². The summed E-state index contributed by atoms with van der Waals surface area (Å²) >= 11 is 0. The molecule has 180 valence electrons. The Morgan fingerprint density at radius 1 is 0.971 bits per heavy atom. The van der Waals surface area contributed by atoms with Gasteiger partial charge in [-0.2, -0.15) is 4.90 Å². The van der Waals surface area contributed by atoms with Gasteiger partial charge in [0.15, 0.2) is 5.54 Å². The van der Waals surface area contributed by atoms with Crippen LogP contribution in [0.2, 0.25) is 0 Å². The number of carboxylic acid groups (broad SMARTS) is 1. The van der Waals surface area contributed by atoms with Crippen molar-refractivity contribution in [3.8, 4) is 11.1 Å². The van der Waals surface area contributed by atoms with E-state index in [0.29, 0.717) is 18.0 Å². The van der Waals surface area contributed by atoms with Gasteiger partial charge < -0.3 is 19.9 Å². The molecular weight excluding hydrogens is 436 g/mol. The summed E-state index contributed by atoms with van der Waals surface area (Å²) in [6.07, 6.45) is -1.91. The van der Waals surface area contributed by atoms with Crippen LogP contribution in [0, 0.1) is 0 Å². The van der Waals surface area contributed by atoms with Gasteiger partial charge in [-0.1, -0.05) is 48.5 Å². The number of fused-ring (bicyclic) bond motifs is 3. The summed E-state index contributed by atoms with van der Waals surface area (Å²) in [6.45, 7) is 5.66. The van der Waals surface area contributed by atoms with Crippen molar-refractivity contribution in [2.24, 2.45) is 0 Å². The fourth-order valence-electron chi connectivity index (χ4n) is 4.76. The number of piperidine rings is 1. The highest BCUT2D eigenvalue weighted by Gasteiger charge is 2.53. The van der Waals surface area contributed by atoms with Crippen molar-refractivity contribution in [2.75, 3.05) is 19.7 Å². The highest BCUT2D eigenvalue weighted by Crippen LogP contribution is 2.44. The molecule has 1 aliphatic carbocycles. The Morgan fingerprint density at radius 2 is 1.50 bits per heavy atom. The minimum Gasteiger partial charge on any atom is -0.479 e. The molecule has 0 aromatic heterocycles. The lowest BCUT2D eigenvalue weighted by Crippen LogP contribution is -2.64. The highest BCUT2D eigenvalue weighted by atomic mass is 16.6. The summed E-state index contributed by atoms with van der Waals surface area (Å²) in [5, 5.41) is 13.2. The van der Waals surface area contributed by atoms with Crippen molar-refractivity contribution in [3.63, 3.8) is 0 Å². The molecule has 1 saturated heterocycles. The van der Waals surface area contributed by atoms with Gasteiger partial charge in [0.05, 0.1) is 0 Å². The average Bonchev–Trinajstić information content (AvgIpc) is 3.11. The third-order valence-corrected chi connectivity index (χ3v) is 6.35. The standard InChI is InChI=1S/C26H30N2O6/c1-25(2,3)34-24(32)28(26(22(29)30)12-14-27-15-13-26)23(31)33-16-21-19-10-6-4-8-17(19)18-9-5-7-11-20(18)21/h4-11,21,27H,12-16H2,1-3H3,(H,29,30). The van der Waals surface area contributed by atoms with Crippen molar-refractivity contribution >= 4 is 18.2 Å². The molecule has 0 saturated carbocycles. The van der Waals surface area contributed by atoms with Crippen molar-refractivity contribution in [3.05, 3.63) is 59.7 Å². The molecule has 2 aliphatic rings. The van der Waals surface area contributed by atoms with Crippen molar-refractivity contribution in [1.29, 1.82) is 0 Å². The first-order valence-corrected chi connectivity index (χ1v) is 11.5. The Morgan fingerprint density at radius 3 is 2.00 bits per heavy atom. The molecule has 0 radical (unpaired) electrons. The normalized spacial score (nSPS) is 16.8. The number of ether oxygens (including phenoxy) is 2. The van der Waals surface area contributed by atoms with Gasteiger partial charge in [0.1, 0.15) is 12.2 Å². The van der Waals surface area contributed by atoms with Crippen LogP contribution in [0.3, 0.4) is 0 Å². The fraction of sp³-hybridized carbons (Fsp3) is 0.423. The minimum absolute atomic E-state index is 0.0277. The summed E-state index contributed by atoms with van der Waals surface area (Å²) < 4.78 is 11.1. The first-order chi connectivity index (χ1) is 16.1. The van der Waals surface area contributed by atoms with Crippen LogP contribution in [0.4, 0.5) is 9.59 Å². The number of carboxylic acids is 1. The Balaban J connectivity index is 1.63. The molecule has 0 spiro atoms. The second-order valence-corrected chi connectivity index (χ2v) is 9.71. The number of carbonyl (C=O) groups excluding carboxylic acids is 2. The fourth-order valence-corrected chi connectivity index (χ4v) is 4.76. The van der Waals surface area contributed by atoms with Gasteiger partial charge >= 0.3 is 18.2 Å². The molecule has 2 N–H and O–H groups in total. The van der Waals surface area contributed by atoms with E-state index < -0.39 is 29.3 Å². The van der Waals surface area contributed by atoms with Gasteiger partial charge in [-0.25, -0.2) is 14.4 Å². The Hall–Kier alpha value is -3.39. The van der Waals surface area contributed by atoms with E-state index in [4.69, 9.17) is 9.47 Å². The van der Waals surface area contributed by atoms with E-state index in [0.717, 1.165) is 22.3 Å². The Kier molecular flexibility index (Phi) is 6.36. The lowest BCUT2D eigenvalue weighted by Gasteiger charge is -2.41. The van der Waals surface area contributed by atoms with Crippen molar-refractivity contribution in [2.45, 2.75) is 50.7 Å². The molecule has 8 nitrogen and oxygen atoms in total. The molecule has 2 aromatic rings. The number of imide groups is 1. The molecule has 34 heavy (non-hydrogen) atoms. The SMILES string of the molecule is CC(C)(C)OC(=O)N(C(=O)OCC1c2ccccc2-c2ccccc21)C1(C(=O)O)CCNCC1. The van der Waals surface area contributed by atoms with E-state index in [9.17, 15) is 19.5 Å². The molecule has 0 atom stereocenters. The number of hydrogen-bond acceptors (Lipinski definition) is 6. The van der Waals surface area contributed by atoms with E-state index in [1.54, 1.807) is 20.8 Å². The molecule has 1 fully saturated rings. The van der Waals surface area contributed by atoms with E-state index >= 15 is 0 Å². The van der Waals surface area contributed by atoms with Crippen LogP contribution < -0.4 is 5.32 Å². The highest BCUT2D eigenvalue weighted by molar-refractivity contribution is 5.96. The molecule has 4 rings (SSSR count). The zero-order chi connectivity index (χ0) is 24.5. The van der Waals surface area contributed by atoms with E-state index in [2.05, 4.69) is 5.32 Å². The van der Waals surface area contributed by atoms with Crippen molar-refractivity contribution in [1.82, 2.24) is 10.2 Å². The van der Waals surface area contributed by atoms with Crippen LogP contribution in [0.1, 0.15) is 50.7 Å². The zero-order valence-corrected chi connectivity index (χ0v) is 19.7. The third-order valence-electron chi connectivity index (χ3n) is 6.35. The number of nitrogens with one attached hydrogen (secondary N) is 1. The van der Waals surface area contributed by atoms with Crippen LogP contribution in [-0.2, 0) is 14.3 Å². The Bertz CT molecular complexity index is 1050. The summed E-state index contributed by atoms with van der Waals surface area (Å²) in [6, 6.07) is 15.8. The maximum atomic E-state index is 13.4. The molecule has 1 aliphatic heterocycles. The molecule has 0 bridgehead atoms. The third kappa shape index (κ3) is 4.37. The van der Waals surface area contributed by atoms with Gasteiger partial charge in [0.25, 0.3) is 0 Å². The van der Waals surface area contributed by atoms with Crippen LogP contribution in [0.5, 0.6) is 0 Å². The maximum Gasteiger partial charge on any atom is 0.420 e. The predicted molar refractivity (Wildman–Crippen MR) is 126 cm³/mol. The van der Waals surface area contributed by atoms with Gasteiger partial charge in [0.2, 0.25) is 0 Å². The zero-order valence-electron chi connectivity index (χ0n) is 19.7. The first kappa shape index (κ1) is 23.8. The van der Waals surface area contributed by atoms with E-state index in [1.165, 1.54) is 0 Å². The number of nitrogens with zero attached hydrogens (tertiary/aromatic N) is 1. The molecule has 2 amide bonds. The number of hydrogen-bond donors (Lipinski definition) is 2. The molecule has 0 unspecified atom stereocenters. The first-order valence-electron chi connectivity index (χ1n) is 11.5. The second-order valence-electron chi connectivity index (χ2n) is 9.71. The molecule has 1 heterocycles. The smallest absolute Gasteiger partial charge is 0.420 e. The summed E-state index contributed by atoms with van der Waals surface area (Å²) in [5.74, 6) is -1.47. The number of carbonyl (C=O) groups is 3. The maximum absolute atomic E-state index is 13.4. The average molecular weight is 467 g/mol. The second kappa shape index (κ2) is 9.10. The number of aliphatic carboxylic acids is 1. The van der Waals surface area contributed by atoms with Crippen molar-refractivity contribution < 1.29 is 29.0 Å². The molecule has 2 aromatic carbocycles. The Labute approximate surface area is 198 Å². The number of benzene rings is 2. The lowest BCUT2D eigenvalue weighted by molar-refractivity contribution is -0.152. The van der Waals surface area contributed by atoms with Gasteiger partial charge in [0, 0.05) is 5.92 Å². The summed E-state index contributed by atoms with van der Waals surface area (Å²) in [4.78, 5) is 39.6. The van der Waals surface area contributed by atoms with Gasteiger partial charge in [-0.05, 0) is 69.0 Å². The lowest BCUT2D eigenvalue weighted by atomic mass is 9.87. The van der Waals surface area contributed by atoms with Gasteiger partial charge in [-0.3, -0.25) is 0 Å². The quantitative estimate of drug-likeness (QED) is 0.689. The minimum atomic E-state index is -1.74. The molecular formula is C26H30N2O6. The van der Waals surface area contributed by atoms with Crippen LogP contribution in [0.15, 0.2) is 48.5 Å². The van der Waals surface area contributed by atoms with E-state index in [1.807, 2.05) is 48.5 Å². The largest absolute Gasteiger partial charge is 0.479 e. The summed E-state index contributed by atoms with van der Waals surface area (Å²) in [7, 11) is 0. The number of amides is 2. The monoisotopic (exact) mass is 466 g/mol.